The van der Waals surface area contributed by atoms with Crippen LogP contribution in [0.4, 0.5) is 0 Å². The van der Waals surface area contributed by atoms with Gasteiger partial charge in [0.05, 0.1) is 0 Å². The molecule has 0 aliphatic rings. The molecule has 0 aliphatic heterocycles. The van der Waals surface area contributed by atoms with Gasteiger partial charge >= 0.3 is 456 Å². The quantitative estimate of drug-likeness (QED) is 0.0386. The number of benzene rings is 3. The van der Waals surface area contributed by atoms with E-state index >= 15 is 0 Å². The van der Waals surface area contributed by atoms with Crippen molar-refractivity contribution in [1.82, 2.24) is 0 Å². The summed E-state index contributed by atoms with van der Waals surface area (Å²) in [6.45, 7) is 15.0. The van der Waals surface area contributed by atoms with E-state index in [4.69, 9.17) is 0 Å². The molecule has 0 aromatic heterocycles. The van der Waals surface area contributed by atoms with Gasteiger partial charge in [-0.25, -0.2) is 0 Å². The normalized spacial score (nSPS) is 13.7. The Hall–Kier alpha value is -3.67. The monoisotopic (exact) mass is 1180 g/mol. The van der Waals surface area contributed by atoms with Crippen molar-refractivity contribution in [2.45, 2.75) is 180 Å². The van der Waals surface area contributed by atoms with Gasteiger partial charge in [-0.15, -0.1) is 0 Å². The molecular weight excluding hydrogens is 1100 g/mol. The molecule has 3 atom stereocenters. The molecule has 0 radical (unpaired) electrons. The number of carboxylic acids is 6. The summed E-state index contributed by atoms with van der Waals surface area (Å²) >= 11 is -3.68. The number of aromatic carboxylic acids is 6. The van der Waals surface area contributed by atoms with Crippen LogP contribution in [0.3, 0.4) is 0 Å². The van der Waals surface area contributed by atoms with E-state index in [1.807, 2.05) is 26.8 Å². The maximum absolute atomic E-state index is 12.7. The summed E-state index contributed by atoms with van der Waals surface area (Å²) in [6, 6.07) is 13.4. The zero-order chi connectivity index (χ0) is 55.0. The van der Waals surface area contributed by atoms with Gasteiger partial charge in [0, 0.05) is 0 Å². The third-order valence-corrected chi connectivity index (χ3v) is 54.1. The van der Waals surface area contributed by atoms with Crippen LogP contribution in [0.15, 0.2) is 54.6 Å². The predicted octanol–water partition coefficient (Wildman–Crippen LogP) is 8.28. The summed E-state index contributed by atoms with van der Waals surface area (Å²) in [5.41, 5.74) is -1.07. The first kappa shape index (κ1) is 64.6. The Balaban J connectivity index is 2.16. The van der Waals surface area contributed by atoms with Crippen LogP contribution in [0.5, 0.6) is 0 Å². The topological polar surface area (TPSA) is 241 Å². The van der Waals surface area contributed by atoms with E-state index in [0.717, 1.165) is 75.1 Å². The van der Waals surface area contributed by atoms with Crippen molar-refractivity contribution >= 4 is 76.9 Å². The van der Waals surface area contributed by atoms with Crippen LogP contribution in [-0.4, -0.2) is 67.3 Å². The molecule has 0 amide bonds. The van der Waals surface area contributed by atoms with Gasteiger partial charge in [0.1, 0.15) is 0 Å². The Bertz CT molecular complexity index is 2050. The second kappa shape index (κ2) is 33.5. The molecular formula is C58H78O12S3Sn-6. The summed E-state index contributed by atoms with van der Waals surface area (Å²) in [7, 11) is 5.81. The number of unbranched alkanes of at least 4 members (excludes halogenated alkanes) is 4. The van der Waals surface area contributed by atoms with E-state index < -0.39 is 66.7 Å². The molecule has 0 spiro atoms. The molecule has 3 aromatic rings. The molecule has 0 aliphatic carbocycles. The van der Waals surface area contributed by atoms with Gasteiger partial charge in [-0.2, -0.15) is 0 Å². The summed E-state index contributed by atoms with van der Waals surface area (Å²) < 4.78 is 0.932. The number of carbonyl (C=O) groups excluding carboxylic acids is 6. The standard InChI is InChI=1S/3C18H26O4S.C4H9.Sn/c3*1-12(2)6-3-4-7-13(10-11-23)14-8-5-9-15(17(19)20)16(14)18(21)22;1-3-4-2;/h3*5,8-9,12-13,23H,3-4,6-7,10-11H2,1-2H3,(H,19,20)(H,21,22);1,3-4H2,2H3;/q;;;;+3/p-9. The van der Waals surface area contributed by atoms with Crippen molar-refractivity contribution in [2.75, 3.05) is 17.3 Å². The van der Waals surface area contributed by atoms with Crippen molar-refractivity contribution in [1.29, 1.82) is 0 Å². The average molecular weight is 1180 g/mol. The minimum absolute atomic E-state index is 0.296. The van der Waals surface area contributed by atoms with Crippen LogP contribution in [0.2, 0.25) is 4.44 Å². The Morgan fingerprint density at radius 3 is 0.892 bits per heavy atom. The number of carboxylic acid groups (broad SMARTS) is 6. The molecule has 74 heavy (non-hydrogen) atoms. The molecule has 0 bridgehead atoms. The van der Waals surface area contributed by atoms with Gasteiger partial charge in [0.15, 0.2) is 0 Å². The third kappa shape index (κ3) is 21.0. The van der Waals surface area contributed by atoms with Crippen molar-refractivity contribution < 1.29 is 59.4 Å². The molecule has 3 aromatic carbocycles. The molecule has 0 N–H and O–H groups in total. The van der Waals surface area contributed by atoms with Crippen LogP contribution in [0.1, 0.15) is 254 Å². The number of hydrogen-bond acceptors (Lipinski definition) is 15. The molecule has 3 unspecified atom stereocenters. The summed E-state index contributed by atoms with van der Waals surface area (Å²) in [4.78, 5) is 74.7. The molecule has 0 fully saturated rings. The van der Waals surface area contributed by atoms with E-state index in [0.29, 0.717) is 90.2 Å². The Kier molecular flexibility index (Phi) is 29.2. The number of carbonyl (C=O) groups is 6. The number of rotatable bonds is 39. The molecule has 0 heterocycles. The molecule has 3 rings (SSSR count). The summed E-state index contributed by atoms with van der Waals surface area (Å²) in [5.74, 6) is -7.03. The van der Waals surface area contributed by atoms with Crippen LogP contribution < -0.4 is 30.6 Å². The van der Waals surface area contributed by atoms with Crippen molar-refractivity contribution in [3.63, 3.8) is 0 Å². The van der Waals surface area contributed by atoms with Gasteiger partial charge in [0.25, 0.3) is 0 Å². The van der Waals surface area contributed by atoms with Crippen molar-refractivity contribution in [3.05, 3.63) is 105 Å². The second-order valence-corrected chi connectivity index (χ2v) is 54.9. The van der Waals surface area contributed by atoms with Crippen LogP contribution >= 0.6 is 26.8 Å². The maximum atomic E-state index is 12.7. The van der Waals surface area contributed by atoms with Gasteiger partial charge in [-0.3, -0.25) is 0 Å². The third-order valence-electron chi connectivity index (χ3n) is 13.8. The minimum atomic E-state index is -3.68. The van der Waals surface area contributed by atoms with Crippen LogP contribution in [0, 0.1) is 17.8 Å². The van der Waals surface area contributed by atoms with Gasteiger partial charge in [0.2, 0.25) is 0 Å². The molecule has 410 valence electrons. The zero-order valence-corrected chi connectivity index (χ0v) is 49.9. The van der Waals surface area contributed by atoms with Gasteiger partial charge < -0.3 is 0 Å². The average Bonchev–Trinajstić information content (AvgIpc) is 3.34. The van der Waals surface area contributed by atoms with Gasteiger partial charge in [-0.1, -0.05) is 0 Å². The van der Waals surface area contributed by atoms with E-state index in [-0.39, 0.29) is 34.4 Å². The van der Waals surface area contributed by atoms with E-state index in [1.165, 1.54) is 18.2 Å². The summed E-state index contributed by atoms with van der Waals surface area (Å²) in [5, 5.41) is 74.7. The molecule has 12 nitrogen and oxygen atoms in total. The first-order valence-electron chi connectivity index (χ1n) is 26.7. The fourth-order valence-corrected chi connectivity index (χ4v) is 49.9. The predicted molar refractivity (Wildman–Crippen MR) is 290 cm³/mol. The summed E-state index contributed by atoms with van der Waals surface area (Å²) in [6.07, 6.45) is 13.5. The van der Waals surface area contributed by atoms with Crippen molar-refractivity contribution in [3.8, 4) is 0 Å². The van der Waals surface area contributed by atoms with E-state index in [1.54, 1.807) is 36.4 Å². The first-order valence-corrected chi connectivity index (χ1v) is 42.2. The first-order chi connectivity index (χ1) is 35.1. The van der Waals surface area contributed by atoms with Crippen LogP contribution in [0.25, 0.3) is 0 Å². The van der Waals surface area contributed by atoms with Gasteiger partial charge in [-0.05, 0) is 0 Å². The zero-order valence-electron chi connectivity index (χ0n) is 44.6. The Labute approximate surface area is 452 Å². The Morgan fingerprint density at radius 2 is 0.662 bits per heavy atom. The fraction of sp³-hybridized carbons (Fsp3) is 0.586. The fourth-order valence-electron chi connectivity index (χ4n) is 9.93. The van der Waals surface area contributed by atoms with E-state index in [2.05, 4.69) is 48.5 Å². The van der Waals surface area contributed by atoms with Crippen LogP contribution in [-0.2, 0) is 0 Å². The van der Waals surface area contributed by atoms with E-state index in [9.17, 15) is 59.4 Å². The number of hydrogen-bond donors (Lipinski definition) is 0. The Morgan fingerprint density at radius 1 is 0.392 bits per heavy atom. The van der Waals surface area contributed by atoms with Crippen molar-refractivity contribution in [2.24, 2.45) is 17.8 Å². The SMILES string of the molecule is CCC[CH2][Sn]([S]CCC(CCCCC(C)C)c1cccc(C(=O)[O-])c1C(=O)[O-])([S]CCC(CCCCC(C)C)c1cccc(C(=O)[O-])c1C(=O)[O-])[S]CCC(CCCCC(C)C)c1cccc(C(=O)[O-])c1C(=O)[O-]. The molecule has 0 saturated carbocycles. The second-order valence-electron chi connectivity index (χ2n) is 20.9. The molecule has 0 saturated heterocycles. The molecule has 16 heteroatoms.